The van der Waals surface area contributed by atoms with Crippen LogP contribution in [0.1, 0.15) is 16.1 Å². The van der Waals surface area contributed by atoms with Crippen molar-refractivity contribution in [2.75, 3.05) is 0 Å². The van der Waals surface area contributed by atoms with Crippen LogP contribution in [0.4, 0.5) is 5.69 Å². The van der Waals surface area contributed by atoms with Gasteiger partial charge in [-0.25, -0.2) is 9.48 Å². The lowest BCUT2D eigenvalue weighted by molar-refractivity contribution is -0.384. The summed E-state index contributed by atoms with van der Waals surface area (Å²) in [5, 5.41) is 15.4. The topological polar surface area (TPSA) is 87.3 Å². The van der Waals surface area contributed by atoms with Crippen molar-refractivity contribution >= 4 is 11.7 Å². The normalized spacial score (nSPS) is 10.5. The highest BCUT2D eigenvalue weighted by Gasteiger charge is 2.18. The molecule has 0 atom stereocenters. The van der Waals surface area contributed by atoms with Gasteiger partial charge in [-0.05, 0) is 23.8 Å². The number of carbonyl (C=O) groups excluding carboxylic acids is 1. The predicted octanol–water partition coefficient (Wildman–Crippen LogP) is 4.80. The summed E-state index contributed by atoms with van der Waals surface area (Å²) in [5.41, 5.74) is 3.14. The van der Waals surface area contributed by atoms with Gasteiger partial charge in [-0.15, -0.1) is 0 Å². The molecular weight excluding hydrogens is 382 g/mol. The third-order valence-electron chi connectivity index (χ3n) is 4.51. The van der Waals surface area contributed by atoms with Gasteiger partial charge in [-0.2, -0.15) is 5.10 Å². The number of hydrogen-bond donors (Lipinski definition) is 0. The Morgan fingerprint density at radius 1 is 0.933 bits per heavy atom. The number of nitro benzene ring substituents is 1. The Morgan fingerprint density at radius 3 is 2.20 bits per heavy atom. The molecule has 4 rings (SSSR count). The van der Waals surface area contributed by atoms with Gasteiger partial charge in [0.25, 0.3) is 5.69 Å². The molecule has 4 aromatic rings. The number of carbonyl (C=O) groups is 1. The fraction of sp³-hybridized carbons (Fsp3) is 0.0435. The van der Waals surface area contributed by atoms with E-state index in [-0.39, 0.29) is 18.0 Å². The Balaban J connectivity index is 1.67. The van der Waals surface area contributed by atoms with Crippen LogP contribution in [0.3, 0.4) is 0 Å². The number of aromatic nitrogens is 2. The molecule has 1 heterocycles. The third-order valence-corrected chi connectivity index (χ3v) is 4.51. The summed E-state index contributed by atoms with van der Waals surface area (Å²) in [6.07, 6.45) is 0. The molecule has 0 radical (unpaired) electrons. The van der Waals surface area contributed by atoms with Gasteiger partial charge in [0.15, 0.2) is 5.69 Å². The average Bonchev–Trinajstić information content (AvgIpc) is 3.24. The zero-order valence-corrected chi connectivity index (χ0v) is 15.8. The Labute approximate surface area is 172 Å². The molecule has 0 N–H and O–H groups in total. The molecule has 0 spiro atoms. The van der Waals surface area contributed by atoms with Crippen LogP contribution < -0.4 is 0 Å². The standard InChI is InChI=1S/C23H17N3O4/c27-23(30-16-17-7-3-1-4-8-17)21-15-22(18-9-5-2-6-10-18)25(24-21)19-11-13-20(14-12-19)26(28)29/h1-15H,16H2. The first-order valence-electron chi connectivity index (χ1n) is 9.23. The zero-order valence-electron chi connectivity index (χ0n) is 15.8. The summed E-state index contributed by atoms with van der Waals surface area (Å²) in [6, 6.07) is 26.5. The average molecular weight is 399 g/mol. The lowest BCUT2D eigenvalue weighted by atomic mass is 10.1. The van der Waals surface area contributed by atoms with Crippen LogP contribution in [0.5, 0.6) is 0 Å². The number of hydrogen-bond acceptors (Lipinski definition) is 5. The van der Waals surface area contributed by atoms with Crippen LogP contribution in [-0.4, -0.2) is 20.7 Å². The van der Waals surface area contributed by atoms with Gasteiger partial charge < -0.3 is 4.74 Å². The van der Waals surface area contributed by atoms with Gasteiger partial charge in [-0.3, -0.25) is 10.1 Å². The summed E-state index contributed by atoms with van der Waals surface area (Å²) in [6.45, 7) is 0.144. The second-order valence-electron chi connectivity index (χ2n) is 6.53. The molecule has 0 fully saturated rings. The summed E-state index contributed by atoms with van der Waals surface area (Å²) in [5.74, 6) is -0.545. The highest BCUT2D eigenvalue weighted by Crippen LogP contribution is 2.25. The monoisotopic (exact) mass is 399 g/mol. The van der Waals surface area contributed by atoms with Gasteiger partial charge in [0.2, 0.25) is 0 Å². The van der Waals surface area contributed by atoms with E-state index in [1.807, 2.05) is 60.7 Å². The maximum atomic E-state index is 12.6. The number of nitrogens with zero attached hydrogens (tertiary/aromatic N) is 3. The minimum absolute atomic E-state index is 0.0188. The quantitative estimate of drug-likeness (QED) is 0.264. The van der Waals surface area contributed by atoms with Crippen molar-refractivity contribution in [1.29, 1.82) is 0 Å². The Hall–Kier alpha value is -4.26. The molecule has 0 aliphatic heterocycles. The van der Waals surface area contributed by atoms with Gasteiger partial charge in [0, 0.05) is 17.7 Å². The number of benzene rings is 3. The first-order valence-corrected chi connectivity index (χ1v) is 9.23. The Bertz CT molecular complexity index is 1170. The second-order valence-corrected chi connectivity index (χ2v) is 6.53. The molecule has 0 unspecified atom stereocenters. The van der Waals surface area contributed by atoms with Crippen LogP contribution in [0, 0.1) is 10.1 Å². The van der Waals surface area contributed by atoms with Crippen molar-refractivity contribution in [2.45, 2.75) is 6.61 Å². The molecule has 0 saturated heterocycles. The molecule has 148 valence electrons. The smallest absolute Gasteiger partial charge is 0.359 e. The van der Waals surface area contributed by atoms with Crippen LogP contribution in [0.15, 0.2) is 91.0 Å². The molecule has 3 aromatic carbocycles. The van der Waals surface area contributed by atoms with Gasteiger partial charge in [-0.1, -0.05) is 60.7 Å². The largest absolute Gasteiger partial charge is 0.456 e. The van der Waals surface area contributed by atoms with Gasteiger partial charge >= 0.3 is 5.97 Å². The minimum Gasteiger partial charge on any atom is -0.456 e. The number of nitro groups is 1. The SMILES string of the molecule is O=C(OCc1ccccc1)c1cc(-c2ccccc2)n(-c2ccc([N+](=O)[O-])cc2)n1. The lowest BCUT2D eigenvalue weighted by Crippen LogP contribution is -2.07. The van der Waals surface area contributed by atoms with Gasteiger partial charge in [0.1, 0.15) is 6.61 Å². The molecule has 0 aliphatic carbocycles. The van der Waals surface area contributed by atoms with Crippen LogP contribution >= 0.6 is 0 Å². The van der Waals surface area contributed by atoms with E-state index in [4.69, 9.17) is 4.74 Å². The molecule has 7 nitrogen and oxygen atoms in total. The summed E-state index contributed by atoms with van der Waals surface area (Å²) in [4.78, 5) is 23.1. The number of esters is 1. The molecule has 30 heavy (non-hydrogen) atoms. The molecule has 0 bridgehead atoms. The predicted molar refractivity (Wildman–Crippen MR) is 111 cm³/mol. The highest BCUT2D eigenvalue weighted by atomic mass is 16.6. The third kappa shape index (κ3) is 4.10. The molecular formula is C23H17N3O4. The summed E-state index contributed by atoms with van der Waals surface area (Å²) in [7, 11) is 0. The fourth-order valence-corrected chi connectivity index (χ4v) is 3.00. The number of non-ortho nitro benzene ring substituents is 1. The summed E-state index contributed by atoms with van der Waals surface area (Å²) >= 11 is 0. The Kier molecular flexibility index (Phi) is 5.34. The number of ether oxygens (including phenoxy) is 1. The van der Waals surface area contributed by atoms with E-state index in [0.717, 1.165) is 11.1 Å². The van der Waals surface area contributed by atoms with Crippen molar-refractivity contribution in [3.63, 3.8) is 0 Å². The first kappa shape index (κ1) is 19.1. The molecule has 0 saturated carbocycles. The zero-order chi connectivity index (χ0) is 20.9. The molecule has 7 heteroatoms. The molecule has 0 aliphatic rings. The van der Waals surface area contributed by atoms with Crippen molar-refractivity contribution < 1.29 is 14.5 Å². The van der Waals surface area contributed by atoms with E-state index in [9.17, 15) is 14.9 Å². The van der Waals surface area contributed by atoms with Gasteiger partial charge in [0.05, 0.1) is 16.3 Å². The second kappa shape index (κ2) is 8.40. The Morgan fingerprint density at radius 2 is 1.57 bits per heavy atom. The summed E-state index contributed by atoms with van der Waals surface area (Å²) < 4.78 is 6.98. The lowest BCUT2D eigenvalue weighted by Gasteiger charge is -2.07. The highest BCUT2D eigenvalue weighted by molar-refractivity contribution is 5.89. The fourth-order valence-electron chi connectivity index (χ4n) is 3.00. The van der Waals surface area contributed by atoms with Crippen LogP contribution in [-0.2, 0) is 11.3 Å². The van der Waals surface area contributed by atoms with E-state index in [1.54, 1.807) is 22.9 Å². The van der Waals surface area contributed by atoms with E-state index in [0.29, 0.717) is 11.4 Å². The maximum absolute atomic E-state index is 12.6. The van der Waals surface area contributed by atoms with E-state index >= 15 is 0 Å². The molecule has 1 aromatic heterocycles. The van der Waals surface area contributed by atoms with Crippen LogP contribution in [0.25, 0.3) is 16.9 Å². The van der Waals surface area contributed by atoms with Crippen molar-refractivity contribution in [1.82, 2.24) is 9.78 Å². The number of rotatable bonds is 6. The van der Waals surface area contributed by atoms with Crippen LogP contribution in [0.2, 0.25) is 0 Å². The van der Waals surface area contributed by atoms with E-state index < -0.39 is 10.9 Å². The van der Waals surface area contributed by atoms with Crippen molar-refractivity contribution in [3.05, 3.63) is 112 Å². The molecule has 0 amide bonds. The van der Waals surface area contributed by atoms with Crippen molar-refractivity contribution in [2.24, 2.45) is 0 Å². The van der Waals surface area contributed by atoms with E-state index in [2.05, 4.69) is 5.10 Å². The maximum Gasteiger partial charge on any atom is 0.359 e. The minimum atomic E-state index is -0.545. The van der Waals surface area contributed by atoms with Crippen molar-refractivity contribution in [3.8, 4) is 16.9 Å². The first-order chi connectivity index (χ1) is 14.6. The van der Waals surface area contributed by atoms with E-state index in [1.165, 1.54) is 12.1 Å².